The zero-order valence-corrected chi connectivity index (χ0v) is 15.7. The maximum Gasteiger partial charge on any atom is 0.266 e. The van der Waals surface area contributed by atoms with Gasteiger partial charge < -0.3 is 10.2 Å². The van der Waals surface area contributed by atoms with Crippen LogP contribution in [0.25, 0.3) is 10.6 Å². The van der Waals surface area contributed by atoms with Gasteiger partial charge in [0, 0.05) is 44.5 Å². The van der Waals surface area contributed by atoms with E-state index in [2.05, 4.69) is 22.3 Å². The molecule has 0 aliphatic carbocycles. The molecule has 3 heterocycles. The van der Waals surface area contributed by atoms with E-state index < -0.39 is 0 Å². The molecule has 0 saturated carbocycles. The molecule has 128 valence electrons. The number of nitrogens with zero attached hydrogens (tertiary/aromatic N) is 4. The van der Waals surface area contributed by atoms with Crippen LogP contribution in [0.1, 0.15) is 22.3 Å². The summed E-state index contributed by atoms with van der Waals surface area (Å²) in [6.45, 7) is 6.42. The Bertz CT molecular complexity index is 672. The number of nitrogens with one attached hydrogen (secondary N) is 1. The first-order chi connectivity index (χ1) is 10.1. The van der Waals surface area contributed by atoms with Crippen LogP contribution in [0.3, 0.4) is 0 Å². The molecule has 1 saturated heterocycles. The summed E-state index contributed by atoms with van der Waals surface area (Å²) >= 11 is 1.45. The highest BCUT2D eigenvalue weighted by Crippen LogP contribution is 2.29. The molecule has 0 bridgehead atoms. The number of hydrogen-bond donors (Lipinski definition) is 1. The van der Waals surface area contributed by atoms with Crippen LogP contribution < -0.4 is 5.32 Å². The second kappa shape index (κ2) is 8.10. The Morgan fingerprint density at radius 3 is 2.78 bits per heavy atom. The van der Waals surface area contributed by atoms with Gasteiger partial charge >= 0.3 is 0 Å². The minimum Gasteiger partial charge on any atom is -0.333 e. The lowest BCUT2D eigenvalue weighted by Gasteiger charge is -2.33. The van der Waals surface area contributed by atoms with Gasteiger partial charge in [-0.05, 0) is 13.8 Å². The van der Waals surface area contributed by atoms with Crippen LogP contribution in [-0.2, 0) is 7.05 Å². The van der Waals surface area contributed by atoms with Crippen molar-refractivity contribution < 1.29 is 4.79 Å². The zero-order chi connectivity index (χ0) is 15.0. The summed E-state index contributed by atoms with van der Waals surface area (Å²) in [5, 5.41) is 8.31. The topological polar surface area (TPSA) is 63.1 Å². The maximum absolute atomic E-state index is 12.7. The third-order valence-corrected chi connectivity index (χ3v) is 4.90. The van der Waals surface area contributed by atoms with Gasteiger partial charge in [-0.2, -0.15) is 5.10 Å². The van der Waals surface area contributed by atoms with E-state index in [1.807, 2.05) is 25.1 Å². The lowest BCUT2D eigenvalue weighted by Crippen LogP contribution is -2.52. The summed E-state index contributed by atoms with van der Waals surface area (Å²) in [7, 11) is 1.87. The average Bonchev–Trinajstić information content (AvgIpc) is 3.05. The first-order valence-corrected chi connectivity index (χ1v) is 7.86. The number of amides is 1. The summed E-state index contributed by atoms with van der Waals surface area (Å²) in [4.78, 5) is 19.9. The van der Waals surface area contributed by atoms with E-state index in [9.17, 15) is 4.79 Å². The highest BCUT2D eigenvalue weighted by Gasteiger charge is 2.27. The summed E-state index contributed by atoms with van der Waals surface area (Å²) in [5.74, 6) is 0.0918. The Kier molecular flexibility index (Phi) is 7.01. The second-order valence-electron chi connectivity index (χ2n) is 5.39. The molecule has 2 aromatic rings. The fourth-order valence-electron chi connectivity index (χ4n) is 2.52. The van der Waals surface area contributed by atoms with Crippen molar-refractivity contribution in [1.29, 1.82) is 0 Å². The van der Waals surface area contributed by atoms with E-state index in [4.69, 9.17) is 0 Å². The molecule has 1 amide bonds. The van der Waals surface area contributed by atoms with E-state index >= 15 is 0 Å². The largest absolute Gasteiger partial charge is 0.333 e. The summed E-state index contributed by atoms with van der Waals surface area (Å²) < 4.78 is 1.74. The van der Waals surface area contributed by atoms with E-state index in [0.29, 0.717) is 0 Å². The van der Waals surface area contributed by atoms with Crippen molar-refractivity contribution in [2.75, 3.05) is 19.6 Å². The standard InChI is InChI=1S/C14H19N5OS.2ClH/c1-9-6-15-4-5-19(9)14(20)12-10(2)17-13(21-12)11-7-16-18(3)8-11;;/h7-9,15H,4-6H2,1-3H3;2*1H/t9-;;/m0../s1. The van der Waals surface area contributed by atoms with Crippen molar-refractivity contribution in [2.24, 2.45) is 7.05 Å². The minimum absolute atomic E-state index is 0. The number of aryl methyl sites for hydroxylation is 2. The molecule has 1 aliphatic rings. The number of hydrogen-bond acceptors (Lipinski definition) is 5. The number of piperazine rings is 1. The fraction of sp³-hybridized carbons (Fsp3) is 0.500. The number of halogens is 2. The molecule has 9 heteroatoms. The van der Waals surface area contributed by atoms with Crippen molar-refractivity contribution in [2.45, 2.75) is 19.9 Å². The lowest BCUT2D eigenvalue weighted by atomic mass is 10.2. The van der Waals surface area contributed by atoms with Gasteiger partial charge in [-0.15, -0.1) is 36.2 Å². The smallest absolute Gasteiger partial charge is 0.266 e. The third kappa shape index (κ3) is 4.03. The summed E-state index contributed by atoms with van der Waals surface area (Å²) in [6.07, 6.45) is 3.69. The normalized spacial score (nSPS) is 17.3. The molecule has 1 N–H and O–H groups in total. The molecule has 1 atom stereocenters. The summed E-state index contributed by atoms with van der Waals surface area (Å²) in [5.41, 5.74) is 1.76. The molecule has 1 aliphatic heterocycles. The number of thiazole rings is 1. The van der Waals surface area contributed by atoms with Gasteiger partial charge in [0.15, 0.2) is 0 Å². The number of carbonyl (C=O) groups excluding carboxylic acids is 1. The Morgan fingerprint density at radius 2 is 2.17 bits per heavy atom. The molecule has 0 aromatic carbocycles. The highest BCUT2D eigenvalue weighted by molar-refractivity contribution is 7.17. The van der Waals surface area contributed by atoms with E-state index in [0.717, 1.165) is 40.8 Å². The van der Waals surface area contributed by atoms with Gasteiger partial charge in [-0.25, -0.2) is 4.98 Å². The third-order valence-electron chi connectivity index (χ3n) is 3.70. The van der Waals surface area contributed by atoms with Crippen LogP contribution in [0.2, 0.25) is 0 Å². The van der Waals surface area contributed by atoms with E-state index in [-0.39, 0.29) is 36.8 Å². The lowest BCUT2D eigenvalue weighted by molar-refractivity contribution is 0.0660. The molecular formula is C14H21Cl2N5OS. The predicted octanol–water partition coefficient (Wildman–Crippen LogP) is 2.13. The number of aromatic nitrogens is 3. The van der Waals surface area contributed by atoms with Crippen molar-refractivity contribution in [3.05, 3.63) is 23.0 Å². The summed E-state index contributed by atoms with van der Waals surface area (Å²) in [6, 6.07) is 0.217. The Morgan fingerprint density at radius 1 is 1.43 bits per heavy atom. The van der Waals surface area contributed by atoms with Crippen LogP contribution >= 0.6 is 36.2 Å². The van der Waals surface area contributed by atoms with Crippen molar-refractivity contribution in [1.82, 2.24) is 25.0 Å². The van der Waals surface area contributed by atoms with Crippen molar-refractivity contribution in [3.8, 4) is 10.6 Å². The first-order valence-electron chi connectivity index (χ1n) is 7.04. The average molecular weight is 378 g/mol. The van der Waals surface area contributed by atoms with Crippen LogP contribution in [0.15, 0.2) is 12.4 Å². The molecule has 23 heavy (non-hydrogen) atoms. The molecule has 1 fully saturated rings. The van der Waals surface area contributed by atoms with Crippen LogP contribution in [0.4, 0.5) is 0 Å². The van der Waals surface area contributed by atoms with Gasteiger partial charge in [0.2, 0.25) is 0 Å². The Balaban J connectivity index is 0.00000132. The predicted molar refractivity (Wildman–Crippen MR) is 96.9 cm³/mol. The van der Waals surface area contributed by atoms with Crippen molar-refractivity contribution >= 4 is 42.1 Å². The first kappa shape index (κ1) is 19.9. The zero-order valence-electron chi connectivity index (χ0n) is 13.3. The van der Waals surface area contributed by atoms with Gasteiger partial charge in [0.25, 0.3) is 5.91 Å². The quantitative estimate of drug-likeness (QED) is 0.870. The number of rotatable bonds is 2. The molecule has 3 rings (SSSR count). The van der Waals surface area contributed by atoms with Crippen LogP contribution in [0.5, 0.6) is 0 Å². The van der Waals surface area contributed by atoms with E-state index in [1.165, 1.54) is 11.3 Å². The molecule has 0 radical (unpaired) electrons. The SMILES string of the molecule is Cc1nc(-c2cnn(C)c2)sc1C(=O)N1CCNC[C@@H]1C.Cl.Cl. The molecule has 6 nitrogen and oxygen atoms in total. The molecule has 0 unspecified atom stereocenters. The van der Waals surface area contributed by atoms with Gasteiger partial charge in [-0.1, -0.05) is 0 Å². The molecule has 0 spiro atoms. The van der Waals surface area contributed by atoms with Gasteiger partial charge in [-0.3, -0.25) is 9.48 Å². The monoisotopic (exact) mass is 377 g/mol. The number of carbonyl (C=O) groups is 1. The minimum atomic E-state index is 0. The van der Waals surface area contributed by atoms with Crippen LogP contribution in [-0.4, -0.2) is 51.2 Å². The van der Waals surface area contributed by atoms with Gasteiger partial charge in [0.05, 0.1) is 11.9 Å². The van der Waals surface area contributed by atoms with E-state index in [1.54, 1.807) is 10.9 Å². The Labute approximate surface area is 152 Å². The van der Waals surface area contributed by atoms with Gasteiger partial charge in [0.1, 0.15) is 9.88 Å². The van der Waals surface area contributed by atoms with Crippen LogP contribution in [0, 0.1) is 6.92 Å². The highest BCUT2D eigenvalue weighted by atomic mass is 35.5. The molecular weight excluding hydrogens is 357 g/mol. The maximum atomic E-state index is 12.7. The van der Waals surface area contributed by atoms with Crippen molar-refractivity contribution in [3.63, 3.8) is 0 Å². The Hall–Kier alpha value is -1.15. The molecule has 2 aromatic heterocycles. The second-order valence-corrected chi connectivity index (χ2v) is 6.39. The fourth-order valence-corrected chi connectivity index (χ4v) is 3.52.